The van der Waals surface area contributed by atoms with Gasteiger partial charge in [-0.1, -0.05) is 12.1 Å². The summed E-state index contributed by atoms with van der Waals surface area (Å²) in [4.78, 5) is 13.9. The number of amides is 1. The van der Waals surface area contributed by atoms with Crippen molar-refractivity contribution < 1.29 is 14.3 Å². The molecule has 1 aliphatic carbocycles. The van der Waals surface area contributed by atoms with Gasteiger partial charge in [-0.3, -0.25) is 0 Å². The van der Waals surface area contributed by atoms with Crippen molar-refractivity contribution in [1.29, 1.82) is 0 Å². The largest absolute Gasteiger partial charge is 0.488 e. The number of rotatable bonds is 3. The second-order valence-corrected chi connectivity index (χ2v) is 7.48. The quantitative estimate of drug-likeness (QED) is 0.855. The third kappa shape index (κ3) is 4.22. The molecule has 0 spiro atoms. The lowest BCUT2D eigenvalue weighted by Crippen LogP contribution is -2.39. The topological polar surface area (TPSA) is 64.8 Å². The average molecular weight is 330 g/mol. The maximum absolute atomic E-state index is 12.1. The fourth-order valence-corrected chi connectivity index (χ4v) is 2.63. The van der Waals surface area contributed by atoms with Gasteiger partial charge in [0, 0.05) is 13.1 Å². The average Bonchev–Trinajstić information content (AvgIpc) is 3.32. The van der Waals surface area contributed by atoms with Crippen LogP contribution in [0.3, 0.4) is 0 Å². The SMILES string of the molecule is CC(C)(C)OC(=O)N1CC=C(c2ccc(N)c(OC3CC3)c2)CC1. The fourth-order valence-electron chi connectivity index (χ4n) is 2.63. The van der Waals surface area contributed by atoms with E-state index in [1.54, 1.807) is 4.90 Å². The standard InChI is InChI=1S/C19H26N2O3/c1-19(2,3)24-18(22)21-10-8-13(9-11-21)14-4-7-16(20)17(12-14)23-15-5-6-15/h4,7-8,12,15H,5-6,9-11,20H2,1-3H3. The highest BCUT2D eigenvalue weighted by molar-refractivity contribution is 5.74. The minimum absolute atomic E-state index is 0.257. The van der Waals surface area contributed by atoms with E-state index in [1.165, 1.54) is 5.57 Å². The van der Waals surface area contributed by atoms with E-state index in [9.17, 15) is 4.79 Å². The fraction of sp³-hybridized carbons (Fsp3) is 0.526. The molecular weight excluding hydrogens is 304 g/mol. The summed E-state index contributed by atoms with van der Waals surface area (Å²) in [6.07, 6.45) is 5.17. The van der Waals surface area contributed by atoms with E-state index in [0.29, 0.717) is 24.9 Å². The first kappa shape index (κ1) is 16.7. The molecule has 24 heavy (non-hydrogen) atoms. The zero-order chi connectivity index (χ0) is 17.3. The molecule has 0 unspecified atom stereocenters. The normalized spacial score (nSPS) is 18.1. The summed E-state index contributed by atoms with van der Waals surface area (Å²) in [6.45, 7) is 6.86. The number of anilines is 1. The van der Waals surface area contributed by atoms with Crippen LogP contribution in [0.25, 0.3) is 5.57 Å². The van der Waals surface area contributed by atoms with Crippen molar-refractivity contribution in [2.45, 2.75) is 51.7 Å². The second kappa shape index (κ2) is 6.38. The van der Waals surface area contributed by atoms with Crippen LogP contribution in [0.15, 0.2) is 24.3 Å². The van der Waals surface area contributed by atoms with Gasteiger partial charge in [-0.25, -0.2) is 4.79 Å². The van der Waals surface area contributed by atoms with Gasteiger partial charge in [0.05, 0.1) is 11.8 Å². The van der Waals surface area contributed by atoms with Crippen molar-refractivity contribution >= 4 is 17.4 Å². The summed E-state index contributed by atoms with van der Waals surface area (Å²) in [5.74, 6) is 0.769. The molecule has 0 saturated heterocycles. The van der Waals surface area contributed by atoms with Crippen molar-refractivity contribution in [2.75, 3.05) is 18.8 Å². The summed E-state index contributed by atoms with van der Waals surface area (Å²) >= 11 is 0. The van der Waals surface area contributed by atoms with Crippen LogP contribution in [0, 0.1) is 0 Å². The summed E-state index contributed by atoms with van der Waals surface area (Å²) in [5.41, 5.74) is 8.55. The van der Waals surface area contributed by atoms with E-state index >= 15 is 0 Å². The Morgan fingerprint density at radius 1 is 1.29 bits per heavy atom. The third-order valence-corrected chi connectivity index (χ3v) is 4.06. The maximum atomic E-state index is 12.1. The van der Waals surface area contributed by atoms with Gasteiger partial charge in [0.25, 0.3) is 0 Å². The van der Waals surface area contributed by atoms with Crippen LogP contribution in [0.5, 0.6) is 5.75 Å². The summed E-state index contributed by atoms with van der Waals surface area (Å²) in [5, 5.41) is 0. The van der Waals surface area contributed by atoms with Gasteiger partial charge in [-0.15, -0.1) is 0 Å². The molecular formula is C19H26N2O3. The number of carbonyl (C=O) groups excluding carboxylic acids is 1. The predicted octanol–water partition coefficient (Wildman–Crippen LogP) is 3.83. The van der Waals surface area contributed by atoms with Gasteiger partial charge in [0.2, 0.25) is 0 Å². The molecule has 0 bridgehead atoms. The first-order chi connectivity index (χ1) is 11.3. The van der Waals surface area contributed by atoms with E-state index in [4.69, 9.17) is 15.2 Å². The minimum atomic E-state index is -0.465. The van der Waals surface area contributed by atoms with Crippen LogP contribution >= 0.6 is 0 Å². The molecule has 1 amide bonds. The van der Waals surface area contributed by atoms with Gasteiger partial charge < -0.3 is 20.1 Å². The maximum Gasteiger partial charge on any atom is 0.410 e. The van der Waals surface area contributed by atoms with Crippen molar-refractivity contribution in [2.24, 2.45) is 0 Å². The number of nitrogens with zero attached hydrogens (tertiary/aromatic N) is 1. The molecule has 0 aromatic heterocycles. The molecule has 2 aliphatic rings. The lowest BCUT2D eigenvalue weighted by atomic mass is 9.99. The van der Waals surface area contributed by atoms with E-state index in [1.807, 2.05) is 39.0 Å². The highest BCUT2D eigenvalue weighted by Crippen LogP contribution is 2.34. The third-order valence-electron chi connectivity index (χ3n) is 4.06. The van der Waals surface area contributed by atoms with Crippen LogP contribution in [-0.2, 0) is 4.74 Å². The predicted molar refractivity (Wildman–Crippen MR) is 94.9 cm³/mol. The molecule has 1 aromatic rings. The van der Waals surface area contributed by atoms with Crippen molar-refractivity contribution in [3.63, 3.8) is 0 Å². The molecule has 0 atom stereocenters. The molecule has 1 saturated carbocycles. The number of hydrogen-bond donors (Lipinski definition) is 1. The molecule has 1 aliphatic heterocycles. The number of ether oxygens (including phenoxy) is 2. The van der Waals surface area contributed by atoms with E-state index in [2.05, 4.69) is 6.08 Å². The van der Waals surface area contributed by atoms with Crippen molar-refractivity contribution in [3.05, 3.63) is 29.8 Å². The van der Waals surface area contributed by atoms with Gasteiger partial charge in [0.15, 0.2) is 0 Å². The molecule has 130 valence electrons. The van der Waals surface area contributed by atoms with Crippen molar-refractivity contribution in [1.82, 2.24) is 4.90 Å². The Bertz CT molecular complexity index is 657. The monoisotopic (exact) mass is 330 g/mol. The molecule has 3 rings (SSSR count). The Balaban J connectivity index is 1.67. The minimum Gasteiger partial charge on any atom is -0.488 e. The Morgan fingerprint density at radius 2 is 2.04 bits per heavy atom. The Morgan fingerprint density at radius 3 is 2.62 bits per heavy atom. The number of hydrogen-bond acceptors (Lipinski definition) is 4. The molecule has 5 nitrogen and oxygen atoms in total. The van der Waals surface area contributed by atoms with E-state index < -0.39 is 5.60 Å². The zero-order valence-corrected chi connectivity index (χ0v) is 14.7. The van der Waals surface area contributed by atoms with Gasteiger partial charge in [-0.05, 0) is 63.3 Å². The summed E-state index contributed by atoms with van der Waals surface area (Å²) < 4.78 is 11.3. The Labute approximate surface area is 143 Å². The lowest BCUT2D eigenvalue weighted by molar-refractivity contribution is 0.0270. The van der Waals surface area contributed by atoms with Crippen LogP contribution in [-0.4, -0.2) is 35.8 Å². The number of benzene rings is 1. The van der Waals surface area contributed by atoms with Crippen LogP contribution < -0.4 is 10.5 Å². The van der Waals surface area contributed by atoms with Gasteiger partial charge >= 0.3 is 6.09 Å². The summed E-state index contributed by atoms with van der Waals surface area (Å²) in [6, 6.07) is 5.93. The zero-order valence-electron chi connectivity index (χ0n) is 14.7. The molecule has 1 heterocycles. The molecule has 0 radical (unpaired) electrons. The number of nitrogens with two attached hydrogens (primary N) is 1. The Kier molecular flexibility index (Phi) is 4.43. The molecule has 1 fully saturated rings. The number of nitrogen functional groups attached to an aromatic ring is 1. The second-order valence-electron chi connectivity index (χ2n) is 7.48. The number of carbonyl (C=O) groups is 1. The molecule has 1 aromatic carbocycles. The highest BCUT2D eigenvalue weighted by atomic mass is 16.6. The first-order valence-corrected chi connectivity index (χ1v) is 8.55. The lowest BCUT2D eigenvalue weighted by Gasteiger charge is -2.29. The molecule has 2 N–H and O–H groups in total. The smallest absolute Gasteiger partial charge is 0.410 e. The summed E-state index contributed by atoms with van der Waals surface area (Å²) in [7, 11) is 0. The van der Waals surface area contributed by atoms with Gasteiger partial charge in [-0.2, -0.15) is 0 Å². The van der Waals surface area contributed by atoms with E-state index in [0.717, 1.165) is 30.6 Å². The first-order valence-electron chi connectivity index (χ1n) is 8.55. The highest BCUT2D eigenvalue weighted by Gasteiger charge is 2.26. The van der Waals surface area contributed by atoms with Crippen LogP contribution in [0.1, 0.15) is 45.6 Å². The Hall–Kier alpha value is -2.17. The van der Waals surface area contributed by atoms with E-state index in [-0.39, 0.29) is 6.09 Å². The van der Waals surface area contributed by atoms with Crippen molar-refractivity contribution in [3.8, 4) is 5.75 Å². The van der Waals surface area contributed by atoms with Crippen LogP contribution in [0.2, 0.25) is 0 Å². The van der Waals surface area contributed by atoms with Gasteiger partial charge in [0.1, 0.15) is 11.4 Å². The molecule has 5 heteroatoms. The van der Waals surface area contributed by atoms with Crippen LogP contribution in [0.4, 0.5) is 10.5 Å².